The van der Waals surface area contributed by atoms with Gasteiger partial charge in [0.1, 0.15) is 18.2 Å². The quantitative estimate of drug-likeness (QED) is 0.404. The van der Waals surface area contributed by atoms with Gasteiger partial charge in [-0.25, -0.2) is 9.13 Å². The van der Waals surface area contributed by atoms with Crippen LogP contribution in [0.15, 0.2) is 79.4 Å². The lowest BCUT2D eigenvalue weighted by Gasteiger charge is -2.26. The lowest BCUT2D eigenvalue weighted by Crippen LogP contribution is -3.00. The molecule has 0 aliphatic carbocycles. The molecule has 0 saturated heterocycles. The van der Waals surface area contributed by atoms with Gasteiger partial charge in [-0.15, -0.1) is 0 Å². The molecule has 0 amide bonds. The average Bonchev–Trinajstić information content (AvgIpc) is 3.12. The fraction of sp³-hybridized carbons (Fsp3) is 0.286. The van der Waals surface area contributed by atoms with E-state index in [1.165, 1.54) is 23.5 Å². The molecular formula is C21H26BrN2P. The van der Waals surface area contributed by atoms with E-state index < -0.39 is 7.92 Å². The molecule has 0 radical (unpaired) electrons. The maximum absolute atomic E-state index is 2.43. The number of aryl methyl sites for hydroxylation is 1. The van der Waals surface area contributed by atoms with Crippen molar-refractivity contribution >= 4 is 18.5 Å². The number of rotatable bonds is 7. The van der Waals surface area contributed by atoms with Crippen molar-refractivity contribution in [3.63, 3.8) is 0 Å². The molecule has 0 spiro atoms. The normalized spacial score (nSPS) is 12.0. The smallest absolute Gasteiger partial charge is 0.244 e. The minimum absolute atomic E-state index is 0. The summed E-state index contributed by atoms with van der Waals surface area (Å²) in [6.45, 7) is 5.49. The lowest BCUT2D eigenvalue weighted by molar-refractivity contribution is -0.693. The molecule has 2 nitrogen and oxygen atoms in total. The van der Waals surface area contributed by atoms with E-state index in [9.17, 15) is 0 Å². The van der Waals surface area contributed by atoms with E-state index in [1.54, 1.807) is 0 Å². The fourth-order valence-electron chi connectivity index (χ4n) is 3.11. The first-order valence-electron chi connectivity index (χ1n) is 8.79. The van der Waals surface area contributed by atoms with E-state index >= 15 is 0 Å². The Morgan fingerprint density at radius 2 is 1.48 bits per heavy atom. The van der Waals surface area contributed by atoms with Crippen LogP contribution in [0.1, 0.15) is 32.5 Å². The van der Waals surface area contributed by atoms with Crippen LogP contribution in [-0.4, -0.2) is 4.57 Å². The zero-order valence-corrected chi connectivity index (χ0v) is 17.4. The topological polar surface area (TPSA) is 8.81 Å². The van der Waals surface area contributed by atoms with Crippen molar-refractivity contribution in [1.82, 2.24) is 4.57 Å². The van der Waals surface area contributed by atoms with Crippen molar-refractivity contribution in [2.45, 2.75) is 39.0 Å². The van der Waals surface area contributed by atoms with Gasteiger partial charge in [0.25, 0.3) is 0 Å². The van der Waals surface area contributed by atoms with Gasteiger partial charge in [-0.2, -0.15) is 0 Å². The Kier molecular flexibility index (Phi) is 7.87. The number of halogens is 1. The molecule has 1 aromatic heterocycles. The van der Waals surface area contributed by atoms with E-state index in [4.69, 9.17) is 0 Å². The first kappa shape index (κ1) is 19.9. The van der Waals surface area contributed by atoms with E-state index in [2.05, 4.69) is 102 Å². The Hall–Kier alpha value is -1.44. The first-order chi connectivity index (χ1) is 11.8. The largest absolute Gasteiger partial charge is 1.00 e. The second-order valence-electron chi connectivity index (χ2n) is 6.00. The van der Waals surface area contributed by atoms with Crippen LogP contribution < -0.4 is 32.2 Å². The molecule has 132 valence electrons. The maximum atomic E-state index is 2.43. The van der Waals surface area contributed by atoms with Crippen LogP contribution in [-0.2, 0) is 6.54 Å². The molecule has 0 aliphatic heterocycles. The lowest BCUT2D eigenvalue weighted by atomic mass is 10.3. The molecule has 1 atom stereocenters. The van der Waals surface area contributed by atoms with Gasteiger partial charge in [0.15, 0.2) is 0 Å². The summed E-state index contributed by atoms with van der Waals surface area (Å²) >= 11 is 0. The monoisotopic (exact) mass is 416 g/mol. The third-order valence-corrected chi connectivity index (χ3v) is 7.16. The Bertz CT molecular complexity index is 703. The molecule has 0 aliphatic rings. The maximum Gasteiger partial charge on any atom is 0.244 e. The summed E-state index contributed by atoms with van der Waals surface area (Å²) in [5.41, 5.74) is 0. The van der Waals surface area contributed by atoms with Gasteiger partial charge < -0.3 is 17.0 Å². The first-order valence-corrected chi connectivity index (χ1v) is 10.2. The predicted octanol–water partition coefficient (Wildman–Crippen LogP) is 1.23. The van der Waals surface area contributed by atoms with E-state index in [-0.39, 0.29) is 17.0 Å². The molecule has 25 heavy (non-hydrogen) atoms. The molecule has 0 N–H and O–H groups in total. The Balaban J connectivity index is 0.00000225. The van der Waals surface area contributed by atoms with E-state index in [0.717, 1.165) is 6.54 Å². The number of nitrogens with zero attached hydrogens (tertiary/aromatic N) is 2. The van der Waals surface area contributed by atoms with E-state index in [0.29, 0.717) is 5.78 Å². The highest BCUT2D eigenvalue weighted by molar-refractivity contribution is 7.73. The summed E-state index contributed by atoms with van der Waals surface area (Å²) in [6, 6.07) is 22.0. The summed E-state index contributed by atoms with van der Waals surface area (Å²) in [6.07, 6.45) is 9.07. The zero-order chi connectivity index (χ0) is 16.8. The zero-order valence-electron chi connectivity index (χ0n) is 14.9. The Morgan fingerprint density at radius 3 is 1.92 bits per heavy atom. The third-order valence-electron chi connectivity index (χ3n) is 4.33. The second kappa shape index (κ2) is 9.89. The van der Waals surface area contributed by atoms with Crippen LogP contribution >= 0.6 is 7.92 Å². The van der Waals surface area contributed by atoms with Gasteiger partial charge in [0, 0.05) is 7.92 Å². The second-order valence-corrected chi connectivity index (χ2v) is 8.37. The highest BCUT2D eigenvalue weighted by Crippen LogP contribution is 2.48. The molecular weight excluding hydrogens is 391 g/mol. The molecule has 0 fully saturated rings. The number of aromatic nitrogens is 2. The third kappa shape index (κ3) is 4.80. The van der Waals surface area contributed by atoms with Gasteiger partial charge in [-0.3, -0.25) is 0 Å². The molecule has 3 aromatic rings. The number of hydrogen-bond acceptors (Lipinski definition) is 0. The minimum atomic E-state index is -0.439. The Labute approximate surface area is 163 Å². The molecule has 1 unspecified atom stereocenters. The summed E-state index contributed by atoms with van der Waals surface area (Å²) in [7, 11) is -0.439. The standard InChI is InChI=1S/C21H26N2P.BrH/c1-3-11-21(23-17-16-22(4-2)18-23)24(19-12-7-5-8-13-19)20-14-9-6-10-15-20;/h5-10,12-18,21H,3-4,11H2,1-2H3;1H/q+1;/p-1. The summed E-state index contributed by atoms with van der Waals surface area (Å²) in [4.78, 5) is 0. The van der Waals surface area contributed by atoms with Crippen molar-refractivity contribution in [3.05, 3.63) is 79.4 Å². The average molecular weight is 417 g/mol. The van der Waals surface area contributed by atoms with Crippen molar-refractivity contribution in [3.8, 4) is 0 Å². The number of imidazole rings is 1. The van der Waals surface area contributed by atoms with Gasteiger partial charge >= 0.3 is 0 Å². The molecule has 4 heteroatoms. The van der Waals surface area contributed by atoms with Crippen LogP contribution in [0.25, 0.3) is 0 Å². The molecule has 0 bridgehead atoms. The highest BCUT2D eigenvalue weighted by atomic mass is 79.9. The van der Waals surface area contributed by atoms with Gasteiger partial charge in [-0.05, 0) is 24.0 Å². The van der Waals surface area contributed by atoms with Crippen molar-refractivity contribution in [1.29, 1.82) is 0 Å². The molecule has 0 saturated carbocycles. The molecule has 1 heterocycles. The molecule has 2 aromatic carbocycles. The predicted molar refractivity (Wildman–Crippen MR) is 103 cm³/mol. The van der Waals surface area contributed by atoms with Crippen LogP contribution in [0.3, 0.4) is 0 Å². The van der Waals surface area contributed by atoms with Crippen LogP contribution in [0, 0.1) is 0 Å². The van der Waals surface area contributed by atoms with Crippen molar-refractivity contribution in [2.24, 2.45) is 0 Å². The van der Waals surface area contributed by atoms with Crippen LogP contribution in [0.2, 0.25) is 0 Å². The van der Waals surface area contributed by atoms with Crippen LogP contribution in [0.5, 0.6) is 0 Å². The van der Waals surface area contributed by atoms with Gasteiger partial charge in [0.05, 0.1) is 6.54 Å². The summed E-state index contributed by atoms with van der Waals surface area (Å²) in [5, 5.41) is 2.91. The van der Waals surface area contributed by atoms with Gasteiger partial charge in [0.2, 0.25) is 6.33 Å². The SMILES string of the molecule is CCCC(n1cc[n+](CC)c1)P(c1ccccc1)c1ccccc1.[Br-]. The van der Waals surface area contributed by atoms with Crippen molar-refractivity contribution in [2.75, 3.05) is 0 Å². The Morgan fingerprint density at radius 1 is 0.920 bits per heavy atom. The fourth-order valence-corrected chi connectivity index (χ4v) is 6.01. The highest BCUT2D eigenvalue weighted by Gasteiger charge is 2.29. The van der Waals surface area contributed by atoms with E-state index in [1.807, 2.05) is 0 Å². The number of benzene rings is 2. The number of hydrogen-bond donors (Lipinski definition) is 0. The molecule has 3 rings (SSSR count). The van der Waals surface area contributed by atoms with Crippen LogP contribution in [0.4, 0.5) is 0 Å². The minimum Gasteiger partial charge on any atom is -1.00 e. The summed E-state index contributed by atoms with van der Waals surface area (Å²) in [5.74, 6) is 0.489. The van der Waals surface area contributed by atoms with Gasteiger partial charge in [-0.1, -0.05) is 74.0 Å². The summed E-state index contributed by atoms with van der Waals surface area (Å²) < 4.78 is 4.69. The van der Waals surface area contributed by atoms with Crippen molar-refractivity contribution < 1.29 is 21.5 Å².